The molecule has 0 aliphatic heterocycles. The molecule has 0 aliphatic rings. The zero-order chi connectivity index (χ0) is 12.3. The van der Waals surface area contributed by atoms with Gasteiger partial charge in [0, 0.05) is 5.02 Å². The number of rotatable bonds is 4. The van der Waals surface area contributed by atoms with Crippen molar-refractivity contribution in [2.75, 3.05) is 0 Å². The van der Waals surface area contributed by atoms with Gasteiger partial charge in [-0.25, -0.2) is 0 Å². The number of carboxylic acid groups (broad SMARTS) is 2. The van der Waals surface area contributed by atoms with Crippen molar-refractivity contribution < 1.29 is 19.8 Å². The molecule has 86 valence electrons. The topological polar surface area (TPSA) is 74.6 Å². The van der Waals surface area contributed by atoms with Crippen LogP contribution in [-0.2, 0) is 15.0 Å². The van der Waals surface area contributed by atoms with Crippen LogP contribution in [0.4, 0.5) is 0 Å². The zero-order valence-electron chi connectivity index (χ0n) is 8.61. The molecule has 0 radical (unpaired) electrons. The van der Waals surface area contributed by atoms with Crippen LogP contribution in [-0.4, -0.2) is 22.2 Å². The number of carbonyl (C=O) groups is 2. The summed E-state index contributed by atoms with van der Waals surface area (Å²) in [6.45, 7) is 1.52. The van der Waals surface area contributed by atoms with Crippen LogP contribution in [0.1, 0.15) is 18.9 Å². The molecule has 1 rings (SSSR count). The van der Waals surface area contributed by atoms with Crippen molar-refractivity contribution in [2.24, 2.45) is 0 Å². The van der Waals surface area contributed by atoms with Crippen molar-refractivity contribution in [1.29, 1.82) is 0 Å². The number of halogens is 1. The molecule has 1 aromatic carbocycles. The number of hydrogen-bond donors (Lipinski definition) is 2. The van der Waals surface area contributed by atoms with Gasteiger partial charge in [-0.05, 0) is 24.1 Å². The van der Waals surface area contributed by atoms with Crippen LogP contribution < -0.4 is 0 Å². The lowest BCUT2D eigenvalue weighted by molar-refractivity contribution is -0.157. The molecule has 0 spiro atoms. The Kier molecular flexibility index (Phi) is 3.55. The van der Waals surface area contributed by atoms with Gasteiger partial charge in [0.05, 0.1) is 0 Å². The summed E-state index contributed by atoms with van der Waals surface area (Å²) in [6.07, 6.45) is -0.0436. The minimum Gasteiger partial charge on any atom is -0.480 e. The molecule has 0 heterocycles. The maximum atomic E-state index is 11.2. The summed E-state index contributed by atoms with van der Waals surface area (Å²) >= 11 is 5.73. The summed E-state index contributed by atoms with van der Waals surface area (Å²) in [4.78, 5) is 22.4. The normalized spacial score (nSPS) is 11.1. The number of benzene rings is 1. The molecule has 0 fully saturated rings. The monoisotopic (exact) mass is 242 g/mol. The minimum atomic E-state index is -1.93. The fraction of sp³-hybridized carbons (Fsp3) is 0.273. The van der Waals surface area contributed by atoms with E-state index in [0.717, 1.165) is 0 Å². The van der Waals surface area contributed by atoms with E-state index in [1.165, 1.54) is 25.1 Å². The van der Waals surface area contributed by atoms with Gasteiger partial charge >= 0.3 is 11.9 Å². The molecule has 0 bridgehead atoms. The van der Waals surface area contributed by atoms with E-state index in [1.54, 1.807) is 6.07 Å². The van der Waals surface area contributed by atoms with E-state index >= 15 is 0 Å². The zero-order valence-corrected chi connectivity index (χ0v) is 9.36. The van der Waals surface area contributed by atoms with Crippen LogP contribution in [0.25, 0.3) is 0 Å². The Bertz CT molecular complexity index is 414. The average Bonchev–Trinajstić information content (AvgIpc) is 2.18. The Morgan fingerprint density at radius 2 is 1.88 bits per heavy atom. The molecular formula is C11H11ClO4. The number of carboxylic acids is 2. The van der Waals surface area contributed by atoms with Gasteiger partial charge in [-0.3, -0.25) is 9.59 Å². The average molecular weight is 243 g/mol. The second-order valence-electron chi connectivity index (χ2n) is 3.38. The Morgan fingerprint density at radius 1 is 1.31 bits per heavy atom. The highest BCUT2D eigenvalue weighted by molar-refractivity contribution is 6.30. The van der Waals surface area contributed by atoms with Gasteiger partial charge in [-0.2, -0.15) is 0 Å². The van der Waals surface area contributed by atoms with E-state index in [9.17, 15) is 9.59 Å². The van der Waals surface area contributed by atoms with Crippen molar-refractivity contribution in [3.63, 3.8) is 0 Å². The quantitative estimate of drug-likeness (QED) is 0.794. The lowest BCUT2D eigenvalue weighted by Gasteiger charge is -2.23. The lowest BCUT2D eigenvalue weighted by Crippen LogP contribution is -2.43. The third-order valence-electron chi connectivity index (χ3n) is 2.58. The van der Waals surface area contributed by atoms with Crippen LogP contribution in [0.3, 0.4) is 0 Å². The van der Waals surface area contributed by atoms with Crippen molar-refractivity contribution in [2.45, 2.75) is 18.8 Å². The summed E-state index contributed by atoms with van der Waals surface area (Å²) < 4.78 is 0. The summed E-state index contributed by atoms with van der Waals surface area (Å²) in [5, 5.41) is 18.5. The predicted octanol–water partition coefficient (Wildman–Crippen LogP) is 2.16. The van der Waals surface area contributed by atoms with Gasteiger partial charge in [0.15, 0.2) is 5.41 Å². The fourth-order valence-electron chi connectivity index (χ4n) is 1.60. The minimum absolute atomic E-state index is 0.0436. The van der Waals surface area contributed by atoms with Crippen LogP contribution in [0, 0.1) is 0 Å². The Hall–Kier alpha value is -1.55. The molecule has 5 heteroatoms. The van der Waals surface area contributed by atoms with Crippen molar-refractivity contribution in [3.05, 3.63) is 34.9 Å². The number of aliphatic carboxylic acids is 2. The molecule has 16 heavy (non-hydrogen) atoms. The van der Waals surface area contributed by atoms with Gasteiger partial charge in [0.25, 0.3) is 0 Å². The molecule has 1 aromatic rings. The van der Waals surface area contributed by atoms with Crippen LogP contribution in [0.5, 0.6) is 0 Å². The second-order valence-corrected chi connectivity index (χ2v) is 3.82. The Labute approximate surface area is 97.5 Å². The predicted molar refractivity (Wildman–Crippen MR) is 58.7 cm³/mol. The molecule has 0 saturated carbocycles. The summed E-state index contributed by atoms with van der Waals surface area (Å²) in [6, 6.07) is 5.92. The van der Waals surface area contributed by atoms with E-state index in [1.807, 2.05) is 0 Å². The first kappa shape index (κ1) is 12.5. The van der Waals surface area contributed by atoms with Crippen LogP contribution >= 0.6 is 11.6 Å². The highest BCUT2D eigenvalue weighted by atomic mass is 35.5. The molecule has 0 aromatic heterocycles. The molecule has 4 nitrogen and oxygen atoms in total. The number of hydrogen-bond acceptors (Lipinski definition) is 2. The molecule has 0 aliphatic carbocycles. The molecule has 0 amide bonds. The smallest absolute Gasteiger partial charge is 0.325 e. The first-order valence-corrected chi connectivity index (χ1v) is 5.05. The molecule has 0 saturated heterocycles. The van der Waals surface area contributed by atoms with E-state index in [2.05, 4.69) is 0 Å². The second kappa shape index (κ2) is 4.53. The fourth-order valence-corrected chi connectivity index (χ4v) is 1.79. The summed E-state index contributed by atoms with van der Waals surface area (Å²) in [7, 11) is 0. The first-order chi connectivity index (χ1) is 7.45. The summed E-state index contributed by atoms with van der Waals surface area (Å²) in [5.41, 5.74) is -1.74. The van der Waals surface area contributed by atoms with Gasteiger partial charge in [-0.1, -0.05) is 30.7 Å². The lowest BCUT2D eigenvalue weighted by atomic mass is 9.78. The SMILES string of the molecule is CCC(C(=O)O)(C(=O)O)c1cccc(Cl)c1. The highest BCUT2D eigenvalue weighted by Gasteiger charge is 2.46. The Balaban J connectivity index is 3.42. The maximum absolute atomic E-state index is 11.2. The van der Waals surface area contributed by atoms with E-state index in [-0.39, 0.29) is 12.0 Å². The van der Waals surface area contributed by atoms with Gasteiger partial charge in [-0.15, -0.1) is 0 Å². The van der Waals surface area contributed by atoms with E-state index in [4.69, 9.17) is 21.8 Å². The summed E-state index contributed by atoms with van der Waals surface area (Å²) in [5.74, 6) is -2.77. The third-order valence-corrected chi connectivity index (χ3v) is 2.81. The Morgan fingerprint density at radius 3 is 2.25 bits per heavy atom. The van der Waals surface area contributed by atoms with Gasteiger partial charge < -0.3 is 10.2 Å². The van der Waals surface area contributed by atoms with Crippen molar-refractivity contribution in [1.82, 2.24) is 0 Å². The van der Waals surface area contributed by atoms with Gasteiger partial charge in [0.2, 0.25) is 0 Å². The highest BCUT2D eigenvalue weighted by Crippen LogP contribution is 2.30. The molecular weight excluding hydrogens is 232 g/mol. The maximum Gasteiger partial charge on any atom is 0.325 e. The largest absolute Gasteiger partial charge is 0.480 e. The van der Waals surface area contributed by atoms with E-state index in [0.29, 0.717) is 5.02 Å². The van der Waals surface area contributed by atoms with Crippen molar-refractivity contribution in [3.8, 4) is 0 Å². The first-order valence-electron chi connectivity index (χ1n) is 4.68. The van der Waals surface area contributed by atoms with Crippen molar-refractivity contribution >= 4 is 23.5 Å². The molecule has 0 atom stereocenters. The standard InChI is InChI=1S/C11H11ClO4/c1-2-11(9(13)14,10(15)16)7-4-3-5-8(12)6-7/h3-6H,2H2,1H3,(H,13,14)(H,15,16). The van der Waals surface area contributed by atoms with Crippen LogP contribution in [0.2, 0.25) is 5.02 Å². The molecule has 0 unspecified atom stereocenters. The van der Waals surface area contributed by atoms with Crippen LogP contribution in [0.15, 0.2) is 24.3 Å². The third kappa shape index (κ3) is 1.88. The van der Waals surface area contributed by atoms with E-state index < -0.39 is 17.4 Å². The van der Waals surface area contributed by atoms with Gasteiger partial charge in [0.1, 0.15) is 0 Å². The molecule has 2 N–H and O–H groups in total.